The Hall–Kier alpha value is -1.94. The van der Waals surface area contributed by atoms with Gasteiger partial charge in [-0.05, 0) is 37.5 Å². The Kier molecular flexibility index (Phi) is 66.5. The van der Waals surface area contributed by atoms with Crippen LogP contribution in [0.15, 0.2) is 0 Å². The van der Waals surface area contributed by atoms with Gasteiger partial charge in [-0.15, -0.1) is 0 Å². The molecule has 0 amide bonds. The van der Waals surface area contributed by atoms with Crippen molar-refractivity contribution in [3.63, 3.8) is 0 Å². The van der Waals surface area contributed by atoms with Gasteiger partial charge in [-0.25, -0.2) is 9.13 Å². The van der Waals surface area contributed by atoms with Crippen molar-refractivity contribution in [1.82, 2.24) is 0 Å². The average Bonchev–Trinajstić information content (AvgIpc) is 1.69. The van der Waals surface area contributed by atoms with Crippen LogP contribution in [0, 0.1) is 11.8 Å². The van der Waals surface area contributed by atoms with Gasteiger partial charge in [0.2, 0.25) is 0 Å². The first-order valence-corrected chi connectivity index (χ1v) is 42.5. The predicted octanol–water partition coefficient (Wildman–Crippen LogP) is 22.3. The van der Waals surface area contributed by atoms with Gasteiger partial charge in [0.15, 0.2) is 12.2 Å². The first kappa shape index (κ1) is 93.1. The van der Waals surface area contributed by atoms with E-state index in [2.05, 4.69) is 41.5 Å². The fourth-order valence-electron chi connectivity index (χ4n) is 11.6. The van der Waals surface area contributed by atoms with Crippen LogP contribution in [0.4, 0.5) is 0 Å². The van der Waals surface area contributed by atoms with Gasteiger partial charge in [-0.2, -0.15) is 0 Å². The number of carbonyl (C=O) groups is 4. The molecule has 95 heavy (non-hydrogen) atoms. The van der Waals surface area contributed by atoms with E-state index in [-0.39, 0.29) is 25.7 Å². The Labute approximate surface area is 581 Å². The zero-order chi connectivity index (χ0) is 70.0. The number of carbonyl (C=O) groups excluding carboxylic acids is 4. The lowest BCUT2D eigenvalue weighted by Gasteiger charge is -2.21. The Morgan fingerprint density at radius 1 is 0.305 bits per heavy atom. The summed E-state index contributed by atoms with van der Waals surface area (Å²) in [4.78, 5) is 72.8. The topological polar surface area (TPSA) is 237 Å². The molecule has 0 heterocycles. The van der Waals surface area contributed by atoms with E-state index in [1.807, 2.05) is 0 Å². The third-order valence-electron chi connectivity index (χ3n) is 18.1. The summed E-state index contributed by atoms with van der Waals surface area (Å²) in [7, 11) is -9.91. The van der Waals surface area contributed by atoms with Crippen molar-refractivity contribution >= 4 is 39.5 Å². The number of hydrogen-bond acceptors (Lipinski definition) is 15. The number of aliphatic hydroxyl groups is 1. The van der Waals surface area contributed by atoms with Crippen molar-refractivity contribution < 1.29 is 80.2 Å². The quantitative estimate of drug-likeness (QED) is 0.0222. The summed E-state index contributed by atoms with van der Waals surface area (Å²) in [5.41, 5.74) is 0. The second-order valence-corrected chi connectivity index (χ2v) is 31.0. The van der Waals surface area contributed by atoms with Crippen molar-refractivity contribution in [2.75, 3.05) is 39.6 Å². The molecular weight excluding hydrogens is 1250 g/mol. The normalized spacial score (nSPS) is 14.3. The molecule has 0 aliphatic rings. The van der Waals surface area contributed by atoms with Crippen LogP contribution in [-0.4, -0.2) is 96.7 Å². The van der Waals surface area contributed by atoms with Crippen LogP contribution < -0.4 is 0 Å². The van der Waals surface area contributed by atoms with E-state index >= 15 is 0 Å². The lowest BCUT2D eigenvalue weighted by molar-refractivity contribution is -0.161. The molecule has 0 saturated heterocycles. The molecule has 564 valence electrons. The summed E-state index contributed by atoms with van der Waals surface area (Å²) < 4.78 is 68.5. The molecular formula is C76H148O17P2. The van der Waals surface area contributed by atoms with Gasteiger partial charge in [0.25, 0.3) is 0 Å². The van der Waals surface area contributed by atoms with E-state index in [4.69, 9.17) is 37.0 Å². The van der Waals surface area contributed by atoms with Crippen LogP contribution in [0.1, 0.15) is 395 Å². The molecule has 0 fully saturated rings. The number of ether oxygens (including phenoxy) is 4. The van der Waals surface area contributed by atoms with Gasteiger partial charge in [0, 0.05) is 25.7 Å². The second-order valence-electron chi connectivity index (χ2n) is 28.1. The maximum absolute atomic E-state index is 13.1. The van der Waals surface area contributed by atoms with Crippen LogP contribution in [0.25, 0.3) is 0 Å². The van der Waals surface area contributed by atoms with Crippen molar-refractivity contribution in [2.24, 2.45) is 11.8 Å². The van der Waals surface area contributed by atoms with Crippen LogP contribution >= 0.6 is 15.6 Å². The van der Waals surface area contributed by atoms with Gasteiger partial charge >= 0.3 is 39.5 Å². The van der Waals surface area contributed by atoms with E-state index in [0.717, 1.165) is 102 Å². The lowest BCUT2D eigenvalue weighted by atomic mass is 9.99. The molecule has 0 radical (unpaired) electrons. The first-order chi connectivity index (χ1) is 45.9. The Morgan fingerprint density at radius 2 is 0.537 bits per heavy atom. The number of rotatable bonds is 75. The summed E-state index contributed by atoms with van der Waals surface area (Å²) in [5.74, 6) is -0.551. The summed E-state index contributed by atoms with van der Waals surface area (Å²) in [5, 5.41) is 10.6. The third-order valence-corrected chi connectivity index (χ3v) is 20.0. The molecule has 0 bridgehead atoms. The number of hydrogen-bond donors (Lipinski definition) is 3. The molecule has 0 aliphatic heterocycles. The SMILES string of the molecule is CCCCCCCCCCCCCCCCCCC(=O)OC[C@H](COP(=O)(O)OC[C@@H](O)COP(=O)(O)OC[C@@H](COC(=O)CCCCCCCCCCCC)OC(=O)CCCCCCCCCCC(C)CC)OC(=O)CCCCCCCCCCCCCCCCC(C)C. The number of phosphoric acid groups is 2. The molecule has 0 rings (SSSR count). The highest BCUT2D eigenvalue weighted by molar-refractivity contribution is 7.47. The van der Waals surface area contributed by atoms with Gasteiger partial charge < -0.3 is 33.8 Å². The predicted molar refractivity (Wildman–Crippen MR) is 386 cm³/mol. The summed E-state index contributed by atoms with van der Waals surface area (Å²) in [6.07, 6.45) is 55.4. The monoisotopic (exact) mass is 1400 g/mol. The molecule has 6 atom stereocenters. The standard InChI is InChI=1S/C76H148O17P2/c1-7-10-12-14-16-18-20-21-22-23-27-30-34-41-47-53-59-74(79)87-64-71(92-75(80)60-54-48-42-35-31-28-25-24-26-29-32-38-44-50-56-68(4)5)66-90-94(82,83)88-62-70(77)63-89-95(84,85)91-67-72(65-86-73(78)58-52-46-40-33-19-17-15-13-11-8-2)93-76(81)61-55-49-43-37-36-39-45-51-57-69(6)9-3/h68-72,77H,7-67H2,1-6H3,(H,82,83)(H,84,85)/t69?,70-,71-,72-/m1/s1. The molecule has 3 N–H and O–H groups in total. The van der Waals surface area contributed by atoms with Crippen LogP contribution in [0.3, 0.4) is 0 Å². The first-order valence-electron chi connectivity index (χ1n) is 39.5. The number of unbranched alkanes of at least 4 members (excludes halogenated alkanes) is 44. The molecule has 0 aromatic carbocycles. The average molecular weight is 1400 g/mol. The Bertz CT molecular complexity index is 1840. The summed E-state index contributed by atoms with van der Waals surface area (Å²) in [6, 6.07) is 0. The highest BCUT2D eigenvalue weighted by Crippen LogP contribution is 2.45. The van der Waals surface area contributed by atoms with Gasteiger partial charge in [-0.1, -0.05) is 343 Å². The van der Waals surface area contributed by atoms with Crippen molar-refractivity contribution in [3.8, 4) is 0 Å². The van der Waals surface area contributed by atoms with Gasteiger partial charge in [-0.3, -0.25) is 37.3 Å². The van der Waals surface area contributed by atoms with E-state index in [0.29, 0.717) is 25.7 Å². The highest BCUT2D eigenvalue weighted by Gasteiger charge is 2.30. The minimum atomic E-state index is -4.96. The van der Waals surface area contributed by atoms with Crippen molar-refractivity contribution in [3.05, 3.63) is 0 Å². The van der Waals surface area contributed by atoms with E-state index in [1.165, 1.54) is 212 Å². The lowest BCUT2D eigenvalue weighted by Crippen LogP contribution is -2.30. The summed E-state index contributed by atoms with van der Waals surface area (Å²) >= 11 is 0. The van der Waals surface area contributed by atoms with Crippen molar-refractivity contribution in [1.29, 1.82) is 0 Å². The molecule has 0 aromatic rings. The van der Waals surface area contributed by atoms with E-state index in [9.17, 15) is 43.2 Å². The van der Waals surface area contributed by atoms with Gasteiger partial charge in [0.1, 0.15) is 19.3 Å². The minimum Gasteiger partial charge on any atom is -0.462 e. The zero-order valence-corrected chi connectivity index (χ0v) is 63.8. The molecule has 3 unspecified atom stereocenters. The minimum absolute atomic E-state index is 0.105. The second kappa shape index (κ2) is 67.9. The number of aliphatic hydroxyl groups excluding tert-OH is 1. The van der Waals surface area contributed by atoms with Crippen LogP contribution in [0.5, 0.6) is 0 Å². The number of phosphoric ester groups is 2. The smallest absolute Gasteiger partial charge is 0.462 e. The Morgan fingerprint density at radius 3 is 0.800 bits per heavy atom. The fourth-order valence-corrected chi connectivity index (χ4v) is 13.2. The largest absolute Gasteiger partial charge is 0.472 e. The molecule has 17 nitrogen and oxygen atoms in total. The van der Waals surface area contributed by atoms with E-state index in [1.54, 1.807) is 0 Å². The maximum Gasteiger partial charge on any atom is 0.472 e. The highest BCUT2D eigenvalue weighted by atomic mass is 31.2. The number of esters is 4. The summed E-state index contributed by atoms with van der Waals surface area (Å²) in [6.45, 7) is 9.61. The molecule has 19 heteroatoms. The van der Waals surface area contributed by atoms with Crippen molar-refractivity contribution in [2.45, 2.75) is 413 Å². The van der Waals surface area contributed by atoms with Crippen LogP contribution in [-0.2, 0) is 65.4 Å². The zero-order valence-electron chi connectivity index (χ0n) is 62.0. The van der Waals surface area contributed by atoms with Crippen LogP contribution in [0.2, 0.25) is 0 Å². The molecule has 0 aromatic heterocycles. The molecule has 0 aliphatic carbocycles. The third kappa shape index (κ3) is 69.0. The molecule has 0 spiro atoms. The Balaban J connectivity index is 5.24. The maximum atomic E-state index is 13.1. The van der Waals surface area contributed by atoms with E-state index < -0.39 is 97.5 Å². The van der Waals surface area contributed by atoms with Gasteiger partial charge in [0.05, 0.1) is 26.4 Å². The fraction of sp³-hybridized carbons (Fsp3) is 0.947. The molecule has 0 saturated carbocycles.